The fourth-order valence-corrected chi connectivity index (χ4v) is 1.87. The molecular weight excluding hydrogens is 202 g/mol. The highest BCUT2D eigenvalue weighted by atomic mass is 16.4. The highest BCUT2D eigenvalue weighted by Gasteiger charge is 2.10. The molecule has 0 amide bonds. The average molecular weight is 215 g/mol. The number of benzene rings is 1. The molecule has 2 aromatic rings. The SMILES string of the molecule is CCc1cccc2c(C)cc(C(=O)O)nc12. The van der Waals surface area contributed by atoms with Gasteiger partial charge in [0.2, 0.25) is 0 Å². The number of nitrogens with zero attached hydrogens (tertiary/aromatic N) is 1. The summed E-state index contributed by atoms with van der Waals surface area (Å²) in [5.41, 5.74) is 2.97. The first-order chi connectivity index (χ1) is 7.63. The summed E-state index contributed by atoms with van der Waals surface area (Å²) >= 11 is 0. The van der Waals surface area contributed by atoms with Crippen LogP contribution in [0.4, 0.5) is 0 Å². The highest BCUT2D eigenvalue weighted by Crippen LogP contribution is 2.21. The van der Waals surface area contributed by atoms with Gasteiger partial charge in [-0.3, -0.25) is 0 Å². The van der Waals surface area contributed by atoms with E-state index >= 15 is 0 Å². The molecule has 1 N–H and O–H groups in total. The molecule has 1 aromatic heterocycles. The number of carboxylic acids is 1. The van der Waals surface area contributed by atoms with Gasteiger partial charge in [-0.15, -0.1) is 0 Å². The van der Waals surface area contributed by atoms with Crippen molar-refractivity contribution in [3.05, 3.63) is 41.1 Å². The Bertz CT molecular complexity index is 561. The van der Waals surface area contributed by atoms with E-state index in [1.165, 1.54) is 0 Å². The second-order valence-corrected chi connectivity index (χ2v) is 3.80. The molecule has 3 heteroatoms. The maximum absolute atomic E-state index is 10.9. The zero-order valence-electron chi connectivity index (χ0n) is 9.32. The standard InChI is InChI=1S/C13H13NO2/c1-3-9-5-4-6-10-8(2)7-11(13(15)16)14-12(9)10/h4-7H,3H2,1-2H3,(H,15,16). The first kappa shape index (κ1) is 10.6. The zero-order chi connectivity index (χ0) is 11.7. The molecule has 82 valence electrons. The number of pyridine rings is 1. The number of aromatic carboxylic acids is 1. The third kappa shape index (κ3) is 1.65. The number of carbonyl (C=O) groups is 1. The summed E-state index contributed by atoms with van der Waals surface area (Å²) in [6.45, 7) is 3.95. The van der Waals surface area contributed by atoms with Gasteiger partial charge in [0, 0.05) is 5.39 Å². The minimum atomic E-state index is -0.976. The molecule has 0 spiro atoms. The quantitative estimate of drug-likeness (QED) is 0.838. The van der Waals surface area contributed by atoms with Crippen LogP contribution in [0.5, 0.6) is 0 Å². The second kappa shape index (κ2) is 3.93. The van der Waals surface area contributed by atoms with Crippen molar-refractivity contribution in [2.24, 2.45) is 0 Å². The number of hydrogen-bond donors (Lipinski definition) is 1. The lowest BCUT2D eigenvalue weighted by atomic mass is 10.0. The normalized spacial score (nSPS) is 10.6. The number of para-hydroxylation sites is 1. The number of aryl methyl sites for hydroxylation is 2. The van der Waals surface area contributed by atoms with Crippen molar-refractivity contribution in [1.29, 1.82) is 0 Å². The minimum Gasteiger partial charge on any atom is -0.477 e. The largest absolute Gasteiger partial charge is 0.477 e. The summed E-state index contributed by atoms with van der Waals surface area (Å²) in [7, 11) is 0. The van der Waals surface area contributed by atoms with Crippen LogP contribution in [0.3, 0.4) is 0 Å². The molecule has 0 aliphatic heterocycles. The summed E-state index contributed by atoms with van der Waals surface area (Å²) in [5, 5.41) is 10.0. The Morgan fingerprint density at radius 2 is 2.19 bits per heavy atom. The Kier molecular flexibility index (Phi) is 2.60. The first-order valence-corrected chi connectivity index (χ1v) is 5.26. The Morgan fingerprint density at radius 3 is 2.81 bits per heavy atom. The van der Waals surface area contributed by atoms with Gasteiger partial charge < -0.3 is 5.11 Å². The predicted octanol–water partition coefficient (Wildman–Crippen LogP) is 2.80. The van der Waals surface area contributed by atoms with Gasteiger partial charge in [0.1, 0.15) is 5.69 Å². The molecule has 0 bridgehead atoms. The first-order valence-electron chi connectivity index (χ1n) is 5.26. The van der Waals surface area contributed by atoms with Gasteiger partial charge in [-0.05, 0) is 30.5 Å². The lowest BCUT2D eigenvalue weighted by molar-refractivity contribution is 0.0691. The number of rotatable bonds is 2. The van der Waals surface area contributed by atoms with Gasteiger partial charge in [-0.2, -0.15) is 0 Å². The lowest BCUT2D eigenvalue weighted by Gasteiger charge is -2.07. The molecule has 0 radical (unpaired) electrons. The highest BCUT2D eigenvalue weighted by molar-refractivity contribution is 5.92. The van der Waals surface area contributed by atoms with Crippen molar-refractivity contribution in [3.8, 4) is 0 Å². The Balaban J connectivity index is 2.82. The maximum Gasteiger partial charge on any atom is 0.354 e. The molecule has 0 aliphatic carbocycles. The van der Waals surface area contributed by atoms with E-state index in [2.05, 4.69) is 4.98 Å². The van der Waals surface area contributed by atoms with Crippen LogP contribution in [0, 0.1) is 6.92 Å². The van der Waals surface area contributed by atoms with Crippen LogP contribution in [0.1, 0.15) is 28.5 Å². The van der Waals surface area contributed by atoms with E-state index in [0.717, 1.165) is 28.5 Å². The molecule has 0 fully saturated rings. The van der Waals surface area contributed by atoms with E-state index in [9.17, 15) is 4.79 Å². The van der Waals surface area contributed by atoms with Crippen molar-refractivity contribution in [2.75, 3.05) is 0 Å². The molecule has 0 saturated heterocycles. The summed E-state index contributed by atoms with van der Waals surface area (Å²) in [6, 6.07) is 7.56. The third-order valence-electron chi connectivity index (χ3n) is 2.73. The van der Waals surface area contributed by atoms with Crippen molar-refractivity contribution >= 4 is 16.9 Å². The van der Waals surface area contributed by atoms with E-state index in [1.807, 2.05) is 32.0 Å². The van der Waals surface area contributed by atoms with Gasteiger partial charge in [-0.25, -0.2) is 9.78 Å². The van der Waals surface area contributed by atoms with E-state index in [1.54, 1.807) is 6.07 Å². The maximum atomic E-state index is 10.9. The van der Waals surface area contributed by atoms with E-state index in [4.69, 9.17) is 5.11 Å². The van der Waals surface area contributed by atoms with Crippen molar-refractivity contribution in [2.45, 2.75) is 20.3 Å². The predicted molar refractivity (Wildman–Crippen MR) is 62.8 cm³/mol. The Morgan fingerprint density at radius 1 is 1.44 bits per heavy atom. The van der Waals surface area contributed by atoms with Crippen LogP contribution < -0.4 is 0 Å². The third-order valence-corrected chi connectivity index (χ3v) is 2.73. The molecule has 3 nitrogen and oxygen atoms in total. The van der Waals surface area contributed by atoms with Gasteiger partial charge in [0.05, 0.1) is 5.52 Å². The molecular formula is C13H13NO2. The van der Waals surface area contributed by atoms with Crippen LogP contribution in [0.25, 0.3) is 10.9 Å². The average Bonchev–Trinajstić information content (AvgIpc) is 2.28. The van der Waals surface area contributed by atoms with Gasteiger partial charge >= 0.3 is 5.97 Å². The summed E-state index contributed by atoms with van der Waals surface area (Å²) in [5.74, 6) is -0.976. The minimum absolute atomic E-state index is 0.117. The monoisotopic (exact) mass is 215 g/mol. The van der Waals surface area contributed by atoms with Gasteiger partial charge in [-0.1, -0.05) is 25.1 Å². The Labute approximate surface area is 93.7 Å². The van der Waals surface area contributed by atoms with Crippen molar-refractivity contribution in [1.82, 2.24) is 4.98 Å². The van der Waals surface area contributed by atoms with E-state index in [0.29, 0.717) is 0 Å². The van der Waals surface area contributed by atoms with Crippen LogP contribution in [-0.4, -0.2) is 16.1 Å². The van der Waals surface area contributed by atoms with Crippen LogP contribution >= 0.6 is 0 Å². The lowest BCUT2D eigenvalue weighted by Crippen LogP contribution is -2.02. The summed E-state index contributed by atoms with van der Waals surface area (Å²) in [6.07, 6.45) is 0.854. The number of hydrogen-bond acceptors (Lipinski definition) is 2. The molecule has 16 heavy (non-hydrogen) atoms. The van der Waals surface area contributed by atoms with E-state index < -0.39 is 5.97 Å². The molecule has 0 saturated carbocycles. The van der Waals surface area contributed by atoms with Crippen molar-refractivity contribution < 1.29 is 9.90 Å². The van der Waals surface area contributed by atoms with Crippen LogP contribution in [0.15, 0.2) is 24.3 Å². The Hall–Kier alpha value is -1.90. The smallest absolute Gasteiger partial charge is 0.354 e. The number of aromatic nitrogens is 1. The summed E-state index contributed by atoms with van der Waals surface area (Å²) in [4.78, 5) is 15.1. The number of carboxylic acid groups (broad SMARTS) is 1. The molecule has 1 heterocycles. The molecule has 0 aliphatic rings. The van der Waals surface area contributed by atoms with Crippen LogP contribution in [-0.2, 0) is 6.42 Å². The topological polar surface area (TPSA) is 50.2 Å². The molecule has 0 atom stereocenters. The van der Waals surface area contributed by atoms with E-state index in [-0.39, 0.29) is 5.69 Å². The number of fused-ring (bicyclic) bond motifs is 1. The second-order valence-electron chi connectivity index (χ2n) is 3.80. The molecule has 2 rings (SSSR count). The fourth-order valence-electron chi connectivity index (χ4n) is 1.87. The van der Waals surface area contributed by atoms with Crippen molar-refractivity contribution in [3.63, 3.8) is 0 Å². The fraction of sp³-hybridized carbons (Fsp3) is 0.231. The molecule has 1 aromatic carbocycles. The summed E-state index contributed by atoms with van der Waals surface area (Å²) < 4.78 is 0. The van der Waals surface area contributed by atoms with Crippen LogP contribution in [0.2, 0.25) is 0 Å². The van der Waals surface area contributed by atoms with Gasteiger partial charge in [0.15, 0.2) is 0 Å². The van der Waals surface area contributed by atoms with Gasteiger partial charge in [0.25, 0.3) is 0 Å². The molecule has 0 unspecified atom stereocenters. The zero-order valence-corrected chi connectivity index (χ0v) is 9.32.